The zero-order valence-electron chi connectivity index (χ0n) is 13.3. The molecule has 24 heavy (non-hydrogen) atoms. The van der Waals surface area contributed by atoms with E-state index in [9.17, 15) is 9.59 Å². The number of allylic oxidation sites excluding steroid dienone is 1. The molecular weight excluding hydrogens is 308 g/mol. The molecule has 126 valence electrons. The zero-order chi connectivity index (χ0) is 16.5. The molecule has 1 atom stereocenters. The highest BCUT2D eigenvalue weighted by atomic mass is 16.6. The topological polar surface area (TPSA) is 76.7 Å². The van der Waals surface area contributed by atoms with E-state index in [1.54, 1.807) is 18.2 Å². The van der Waals surface area contributed by atoms with Crippen molar-refractivity contribution in [3.05, 3.63) is 35.9 Å². The number of benzene rings is 1. The average molecular weight is 328 g/mol. The summed E-state index contributed by atoms with van der Waals surface area (Å²) in [6.45, 7) is 0.115. The highest BCUT2D eigenvalue weighted by molar-refractivity contribution is 5.91. The van der Waals surface area contributed by atoms with E-state index in [1.807, 2.05) is 12.1 Å². The van der Waals surface area contributed by atoms with E-state index in [0.29, 0.717) is 23.3 Å². The summed E-state index contributed by atoms with van der Waals surface area (Å²) in [5.74, 6) is 1.59. The predicted octanol–water partition coefficient (Wildman–Crippen LogP) is 1.72. The van der Waals surface area contributed by atoms with Crippen molar-refractivity contribution in [1.29, 1.82) is 0 Å². The molecule has 0 saturated heterocycles. The van der Waals surface area contributed by atoms with Gasteiger partial charge in [0.2, 0.25) is 6.10 Å². The number of nitrogens with one attached hydrogen (secondary N) is 2. The summed E-state index contributed by atoms with van der Waals surface area (Å²) in [6, 6.07) is 7.18. The molecule has 6 heteroatoms. The Bertz CT molecular complexity index is 678. The third-order valence-electron chi connectivity index (χ3n) is 4.51. The monoisotopic (exact) mass is 328 g/mol. The van der Waals surface area contributed by atoms with Crippen molar-refractivity contribution in [2.75, 3.05) is 6.61 Å². The van der Waals surface area contributed by atoms with Crippen LogP contribution in [0.5, 0.6) is 11.5 Å². The van der Waals surface area contributed by atoms with Gasteiger partial charge in [0.05, 0.1) is 0 Å². The van der Waals surface area contributed by atoms with E-state index in [-0.39, 0.29) is 12.5 Å². The number of carbonyl (C=O) groups is 2. The van der Waals surface area contributed by atoms with Gasteiger partial charge >= 0.3 is 0 Å². The van der Waals surface area contributed by atoms with Gasteiger partial charge in [0.25, 0.3) is 11.8 Å². The van der Waals surface area contributed by atoms with Crippen molar-refractivity contribution in [2.45, 2.75) is 31.8 Å². The molecule has 6 nitrogen and oxygen atoms in total. The summed E-state index contributed by atoms with van der Waals surface area (Å²) in [5.41, 5.74) is 6.11. The maximum absolute atomic E-state index is 12.1. The number of hydrogen-bond acceptors (Lipinski definition) is 4. The molecule has 2 N–H and O–H groups in total. The van der Waals surface area contributed by atoms with Crippen LogP contribution in [-0.2, 0) is 9.59 Å². The van der Waals surface area contributed by atoms with Gasteiger partial charge in [-0.1, -0.05) is 17.7 Å². The van der Waals surface area contributed by atoms with E-state index < -0.39 is 12.0 Å². The fraction of sp³-hybridized carbons (Fsp3) is 0.444. The summed E-state index contributed by atoms with van der Waals surface area (Å²) in [7, 11) is 0. The number of hydrazine groups is 1. The molecule has 0 spiro atoms. The summed E-state index contributed by atoms with van der Waals surface area (Å²) in [4.78, 5) is 24.2. The Hall–Kier alpha value is -2.50. The molecule has 3 aliphatic rings. The normalized spacial score (nSPS) is 21.6. The Morgan fingerprint density at radius 1 is 1.00 bits per heavy atom. The number of para-hydroxylation sites is 2. The van der Waals surface area contributed by atoms with Crippen LogP contribution in [-0.4, -0.2) is 24.5 Å². The molecule has 1 aromatic carbocycles. The van der Waals surface area contributed by atoms with Crippen LogP contribution in [0.3, 0.4) is 0 Å². The fourth-order valence-electron chi connectivity index (χ4n) is 2.94. The third kappa shape index (κ3) is 3.37. The fourth-order valence-corrected chi connectivity index (χ4v) is 2.94. The van der Waals surface area contributed by atoms with Crippen molar-refractivity contribution < 1.29 is 19.1 Å². The predicted molar refractivity (Wildman–Crippen MR) is 86.2 cm³/mol. The molecular formula is C18H20N2O4. The Balaban J connectivity index is 1.30. The van der Waals surface area contributed by atoms with Gasteiger partial charge in [0, 0.05) is 6.08 Å². The van der Waals surface area contributed by atoms with Crippen LogP contribution in [0.2, 0.25) is 0 Å². The highest BCUT2D eigenvalue weighted by Crippen LogP contribution is 2.48. The SMILES string of the molecule is O=C(C=C(C1CC1)C1CC1)NNC(=O)[C@H]1COc2ccccc2O1. The van der Waals surface area contributed by atoms with E-state index in [1.165, 1.54) is 31.3 Å². The molecule has 2 amide bonds. The lowest BCUT2D eigenvalue weighted by Gasteiger charge is -2.25. The second-order valence-electron chi connectivity index (χ2n) is 6.54. The summed E-state index contributed by atoms with van der Waals surface area (Å²) in [5, 5.41) is 0. The second kappa shape index (κ2) is 6.19. The Labute approximate surface area is 140 Å². The lowest BCUT2D eigenvalue weighted by atomic mass is 10.1. The molecule has 2 saturated carbocycles. The van der Waals surface area contributed by atoms with Crippen LogP contribution >= 0.6 is 0 Å². The van der Waals surface area contributed by atoms with Crippen molar-refractivity contribution in [1.82, 2.24) is 10.9 Å². The first kappa shape index (κ1) is 15.1. The molecule has 4 rings (SSSR count). The quantitative estimate of drug-likeness (QED) is 0.652. The lowest BCUT2D eigenvalue weighted by molar-refractivity contribution is -0.134. The lowest BCUT2D eigenvalue weighted by Crippen LogP contribution is -2.50. The number of rotatable bonds is 4. The highest BCUT2D eigenvalue weighted by Gasteiger charge is 2.36. The molecule has 2 aliphatic carbocycles. The van der Waals surface area contributed by atoms with Gasteiger partial charge in [0.1, 0.15) is 6.61 Å². The van der Waals surface area contributed by atoms with Crippen LogP contribution in [0.25, 0.3) is 0 Å². The molecule has 1 aliphatic heterocycles. The molecule has 1 aromatic rings. The largest absolute Gasteiger partial charge is 0.485 e. The van der Waals surface area contributed by atoms with E-state index in [0.717, 1.165) is 0 Å². The standard InChI is InChI=1S/C18H20N2O4/c21-17(9-13(11-5-6-11)12-7-8-12)19-20-18(22)16-10-23-14-3-1-2-4-15(14)24-16/h1-4,9,11-12,16H,5-8,10H2,(H,19,21)(H,20,22)/t16-/m1/s1. The van der Waals surface area contributed by atoms with E-state index in [2.05, 4.69) is 10.9 Å². The Morgan fingerprint density at radius 2 is 1.67 bits per heavy atom. The Kier molecular flexibility index (Phi) is 3.88. The van der Waals surface area contributed by atoms with Gasteiger partial charge in [0.15, 0.2) is 11.5 Å². The van der Waals surface area contributed by atoms with Crippen LogP contribution in [0, 0.1) is 11.8 Å². The molecule has 0 bridgehead atoms. The number of fused-ring (bicyclic) bond motifs is 1. The van der Waals surface area contributed by atoms with Gasteiger partial charge in [-0.25, -0.2) is 0 Å². The molecule has 0 unspecified atom stereocenters. The summed E-state index contributed by atoms with van der Waals surface area (Å²) in [6.07, 6.45) is 5.57. The average Bonchev–Trinajstić information content (AvgIpc) is 3.49. The first-order valence-electron chi connectivity index (χ1n) is 8.40. The second-order valence-corrected chi connectivity index (χ2v) is 6.54. The maximum Gasteiger partial charge on any atom is 0.283 e. The molecule has 0 aromatic heterocycles. The van der Waals surface area contributed by atoms with Crippen molar-refractivity contribution in [2.24, 2.45) is 11.8 Å². The minimum Gasteiger partial charge on any atom is -0.485 e. The Morgan fingerprint density at radius 3 is 2.33 bits per heavy atom. The molecule has 1 heterocycles. The van der Waals surface area contributed by atoms with Gasteiger partial charge < -0.3 is 9.47 Å². The van der Waals surface area contributed by atoms with Crippen molar-refractivity contribution in [3.8, 4) is 11.5 Å². The minimum atomic E-state index is -0.782. The number of amides is 2. The first-order valence-corrected chi connectivity index (χ1v) is 8.40. The van der Waals surface area contributed by atoms with Crippen molar-refractivity contribution in [3.63, 3.8) is 0 Å². The van der Waals surface area contributed by atoms with Crippen LogP contribution in [0.15, 0.2) is 35.9 Å². The third-order valence-corrected chi connectivity index (χ3v) is 4.51. The van der Waals surface area contributed by atoms with E-state index in [4.69, 9.17) is 9.47 Å². The van der Waals surface area contributed by atoms with E-state index >= 15 is 0 Å². The number of ether oxygens (including phenoxy) is 2. The summed E-state index contributed by atoms with van der Waals surface area (Å²) >= 11 is 0. The smallest absolute Gasteiger partial charge is 0.283 e. The minimum absolute atomic E-state index is 0.115. The van der Waals surface area contributed by atoms with Crippen molar-refractivity contribution >= 4 is 11.8 Å². The van der Waals surface area contributed by atoms with Crippen LogP contribution in [0.1, 0.15) is 25.7 Å². The molecule has 2 fully saturated rings. The zero-order valence-corrected chi connectivity index (χ0v) is 13.3. The maximum atomic E-state index is 12.1. The number of carbonyl (C=O) groups excluding carboxylic acids is 2. The van der Waals surface area contributed by atoms with Gasteiger partial charge in [-0.2, -0.15) is 0 Å². The first-order chi connectivity index (χ1) is 11.7. The van der Waals surface area contributed by atoms with Gasteiger partial charge in [-0.15, -0.1) is 0 Å². The van der Waals surface area contributed by atoms with Gasteiger partial charge in [-0.3, -0.25) is 20.4 Å². The number of hydrogen-bond donors (Lipinski definition) is 2. The molecule has 0 radical (unpaired) electrons. The van der Waals surface area contributed by atoms with Crippen LogP contribution < -0.4 is 20.3 Å². The summed E-state index contributed by atoms with van der Waals surface area (Å²) < 4.78 is 11.1. The van der Waals surface area contributed by atoms with Crippen LogP contribution in [0.4, 0.5) is 0 Å². The van der Waals surface area contributed by atoms with Gasteiger partial charge in [-0.05, 0) is 49.7 Å².